The van der Waals surface area contributed by atoms with E-state index in [0.29, 0.717) is 0 Å². The molecule has 0 aliphatic heterocycles. The Morgan fingerprint density at radius 3 is 2.78 bits per heavy atom. The predicted octanol–water partition coefficient (Wildman–Crippen LogP) is 0.964. The Hall–Kier alpha value is -0.0800. The van der Waals surface area contributed by atoms with Crippen LogP contribution in [-0.2, 0) is 4.74 Å². The summed E-state index contributed by atoms with van der Waals surface area (Å²) in [5.41, 5.74) is 5.41. The molecule has 2 N–H and O–H groups in total. The molecule has 55 valence electrons. The van der Waals surface area contributed by atoms with Gasteiger partial charge in [0.2, 0.25) is 0 Å². The summed E-state index contributed by atoms with van der Waals surface area (Å²) >= 11 is 0. The molecule has 0 aromatic heterocycles. The second-order valence-electron chi connectivity index (χ2n) is 2.10. The van der Waals surface area contributed by atoms with Gasteiger partial charge in [-0.15, -0.1) is 0 Å². The number of hydrogen-bond acceptors (Lipinski definition) is 2. The molecule has 0 rings (SSSR count). The molecule has 0 aromatic rings. The van der Waals surface area contributed by atoms with Gasteiger partial charge in [-0.2, -0.15) is 0 Å². The second-order valence-corrected chi connectivity index (χ2v) is 2.10. The van der Waals surface area contributed by atoms with Gasteiger partial charge in [0.05, 0.1) is 0 Å². The van der Waals surface area contributed by atoms with Crippen LogP contribution in [0.4, 0.5) is 0 Å². The Bertz CT molecular complexity index is 54.9. The highest BCUT2D eigenvalue weighted by atomic mass is 16.5. The number of ether oxygens (including phenoxy) is 1. The van der Waals surface area contributed by atoms with E-state index in [4.69, 9.17) is 10.5 Å². The van der Waals surface area contributed by atoms with Crippen LogP contribution >= 0.6 is 0 Å². The van der Waals surface area contributed by atoms with Crippen molar-refractivity contribution in [1.82, 2.24) is 0 Å². The lowest BCUT2D eigenvalue weighted by Gasteiger charge is -2.03. The van der Waals surface area contributed by atoms with Gasteiger partial charge in [0, 0.05) is 19.3 Å². The Balaban J connectivity index is 2.75. The highest BCUT2D eigenvalue weighted by molar-refractivity contribution is 4.61. The standard InChI is InChI=1S/C7H16NO/c1-3-9-6-4-5-7(2)8/h7H,2-6,8H2,1H3. The van der Waals surface area contributed by atoms with Crippen molar-refractivity contribution < 1.29 is 4.74 Å². The van der Waals surface area contributed by atoms with Crippen LogP contribution in [0.1, 0.15) is 19.8 Å². The zero-order valence-corrected chi connectivity index (χ0v) is 6.10. The van der Waals surface area contributed by atoms with Crippen LogP contribution in [0, 0.1) is 6.92 Å². The van der Waals surface area contributed by atoms with E-state index in [0.717, 1.165) is 26.1 Å². The number of rotatable bonds is 5. The fourth-order valence-electron chi connectivity index (χ4n) is 0.592. The Labute approximate surface area is 57.4 Å². The van der Waals surface area contributed by atoms with Gasteiger partial charge in [-0.3, -0.25) is 0 Å². The molecule has 0 aliphatic rings. The molecule has 0 aromatic carbocycles. The van der Waals surface area contributed by atoms with Crippen molar-refractivity contribution in [1.29, 1.82) is 0 Å². The molecule has 1 radical (unpaired) electrons. The second kappa shape index (κ2) is 6.05. The molecule has 0 aliphatic carbocycles. The molecule has 0 amide bonds. The summed E-state index contributed by atoms with van der Waals surface area (Å²) < 4.78 is 5.10. The van der Waals surface area contributed by atoms with Crippen molar-refractivity contribution in [3.8, 4) is 0 Å². The van der Waals surface area contributed by atoms with E-state index in [9.17, 15) is 0 Å². The summed E-state index contributed by atoms with van der Waals surface area (Å²) in [7, 11) is 0. The number of hydrogen-bond donors (Lipinski definition) is 1. The first-order chi connectivity index (χ1) is 4.27. The van der Waals surface area contributed by atoms with E-state index in [1.54, 1.807) is 0 Å². The third-order valence-corrected chi connectivity index (χ3v) is 1.07. The van der Waals surface area contributed by atoms with Crippen molar-refractivity contribution in [2.75, 3.05) is 13.2 Å². The number of nitrogens with two attached hydrogens (primary N) is 1. The minimum absolute atomic E-state index is 0.0745. The minimum Gasteiger partial charge on any atom is -0.382 e. The van der Waals surface area contributed by atoms with Crippen molar-refractivity contribution in [2.45, 2.75) is 25.8 Å². The van der Waals surface area contributed by atoms with Crippen LogP contribution in [-0.4, -0.2) is 19.3 Å². The molecule has 0 fully saturated rings. The Morgan fingerprint density at radius 1 is 1.67 bits per heavy atom. The van der Waals surface area contributed by atoms with Gasteiger partial charge in [0.1, 0.15) is 0 Å². The minimum atomic E-state index is 0.0745. The Kier molecular flexibility index (Phi) is 5.99. The van der Waals surface area contributed by atoms with Gasteiger partial charge >= 0.3 is 0 Å². The van der Waals surface area contributed by atoms with Gasteiger partial charge < -0.3 is 10.5 Å². The van der Waals surface area contributed by atoms with E-state index < -0.39 is 0 Å². The van der Waals surface area contributed by atoms with E-state index in [2.05, 4.69) is 6.92 Å². The SMILES string of the molecule is [CH2]C(N)CCCOCC. The summed E-state index contributed by atoms with van der Waals surface area (Å²) in [5, 5.41) is 0. The maximum atomic E-state index is 5.41. The average Bonchev–Trinajstić information content (AvgIpc) is 1.80. The quantitative estimate of drug-likeness (QED) is 0.563. The molecule has 9 heavy (non-hydrogen) atoms. The normalized spacial score (nSPS) is 13.7. The van der Waals surface area contributed by atoms with Crippen LogP contribution < -0.4 is 5.73 Å². The first kappa shape index (κ1) is 8.92. The maximum Gasteiger partial charge on any atom is 0.0466 e. The summed E-state index contributed by atoms with van der Waals surface area (Å²) in [6.45, 7) is 7.27. The predicted molar refractivity (Wildman–Crippen MR) is 39.1 cm³/mol. The molecule has 0 spiro atoms. The molecule has 2 nitrogen and oxygen atoms in total. The van der Waals surface area contributed by atoms with E-state index in [1.807, 2.05) is 6.92 Å². The summed E-state index contributed by atoms with van der Waals surface area (Å²) in [6.07, 6.45) is 1.98. The zero-order valence-electron chi connectivity index (χ0n) is 6.10. The van der Waals surface area contributed by atoms with Crippen LogP contribution in [0.25, 0.3) is 0 Å². The third kappa shape index (κ3) is 7.92. The van der Waals surface area contributed by atoms with Crippen molar-refractivity contribution in [3.63, 3.8) is 0 Å². The third-order valence-electron chi connectivity index (χ3n) is 1.07. The van der Waals surface area contributed by atoms with Crippen LogP contribution in [0.15, 0.2) is 0 Å². The van der Waals surface area contributed by atoms with Gasteiger partial charge in [-0.25, -0.2) is 0 Å². The molecule has 2 heteroatoms. The fraction of sp³-hybridized carbons (Fsp3) is 0.857. The molecule has 0 saturated carbocycles. The fourth-order valence-corrected chi connectivity index (χ4v) is 0.592. The van der Waals surface area contributed by atoms with Gasteiger partial charge in [-0.05, 0) is 26.7 Å². The first-order valence-corrected chi connectivity index (χ1v) is 3.43. The topological polar surface area (TPSA) is 35.2 Å². The molecular formula is C7H16NO. The lowest BCUT2D eigenvalue weighted by Crippen LogP contribution is -2.15. The summed E-state index contributed by atoms with van der Waals surface area (Å²) in [6, 6.07) is 0.0745. The molecule has 0 saturated heterocycles. The summed E-state index contributed by atoms with van der Waals surface area (Å²) in [4.78, 5) is 0. The monoisotopic (exact) mass is 130 g/mol. The van der Waals surface area contributed by atoms with E-state index in [-0.39, 0.29) is 6.04 Å². The van der Waals surface area contributed by atoms with Gasteiger partial charge in [0.25, 0.3) is 0 Å². The Morgan fingerprint density at radius 2 is 2.33 bits per heavy atom. The van der Waals surface area contributed by atoms with E-state index >= 15 is 0 Å². The zero-order chi connectivity index (χ0) is 7.11. The van der Waals surface area contributed by atoms with Crippen LogP contribution in [0.3, 0.4) is 0 Å². The smallest absolute Gasteiger partial charge is 0.0466 e. The van der Waals surface area contributed by atoms with Crippen molar-refractivity contribution in [3.05, 3.63) is 6.92 Å². The highest BCUT2D eigenvalue weighted by Gasteiger charge is 1.92. The highest BCUT2D eigenvalue weighted by Crippen LogP contribution is 1.92. The molecular weight excluding hydrogens is 114 g/mol. The lowest BCUT2D eigenvalue weighted by atomic mass is 10.2. The van der Waals surface area contributed by atoms with Crippen molar-refractivity contribution in [2.24, 2.45) is 5.73 Å². The largest absolute Gasteiger partial charge is 0.382 e. The molecule has 0 heterocycles. The van der Waals surface area contributed by atoms with Crippen LogP contribution in [0.5, 0.6) is 0 Å². The maximum absolute atomic E-state index is 5.41. The van der Waals surface area contributed by atoms with Crippen molar-refractivity contribution >= 4 is 0 Å². The lowest BCUT2D eigenvalue weighted by molar-refractivity contribution is 0.143. The summed E-state index contributed by atoms with van der Waals surface area (Å²) in [5.74, 6) is 0. The first-order valence-electron chi connectivity index (χ1n) is 3.43. The molecule has 1 unspecified atom stereocenters. The molecule has 0 bridgehead atoms. The van der Waals surface area contributed by atoms with Crippen LogP contribution in [0.2, 0.25) is 0 Å². The average molecular weight is 130 g/mol. The van der Waals surface area contributed by atoms with Gasteiger partial charge in [0.15, 0.2) is 0 Å². The van der Waals surface area contributed by atoms with E-state index in [1.165, 1.54) is 0 Å². The molecule has 1 atom stereocenters. The van der Waals surface area contributed by atoms with Gasteiger partial charge in [-0.1, -0.05) is 0 Å².